The third kappa shape index (κ3) is 4.42. The highest BCUT2D eigenvalue weighted by atomic mass is 35.5. The van der Waals surface area contributed by atoms with Gasteiger partial charge in [-0.1, -0.05) is 37.0 Å². The maximum absolute atomic E-state index is 12.6. The fourth-order valence-corrected chi connectivity index (χ4v) is 2.83. The molecule has 2 aromatic rings. The Bertz CT molecular complexity index is 912. The Morgan fingerprint density at radius 2 is 1.74 bits per heavy atom. The van der Waals surface area contributed by atoms with Gasteiger partial charge in [0, 0.05) is 25.2 Å². The first-order valence-electron chi connectivity index (χ1n) is 8.19. The molecule has 2 N–H and O–H groups in total. The molecule has 0 bridgehead atoms. The first kappa shape index (κ1) is 20.8. The lowest BCUT2D eigenvalue weighted by Gasteiger charge is -2.17. The molecule has 1 heterocycles. The van der Waals surface area contributed by atoms with Gasteiger partial charge in [-0.15, -0.1) is 4.73 Å². The lowest BCUT2D eigenvalue weighted by molar-refractivity contribution is -0.620. The maximum atomic E-state index is 12.6. The van der Waals surface area contributed by atoms with Crippen LogP contribution in [0.4, 0.5) is 10.6 Å². The van der Waals surface area contributed by atoms with Crippen molar-refractivity contribution in [1.29, 1.82) is 5.26 Å². The van der Waals surface area contributed by atoms with E-state index in [1.165, 1.54) is 12.1 Å². The predicted octanol–water partition coefficient (Wildman–Crippen LogP) is 1.75. The van der Waals surface area contributed by atoms with E-state index in [0.29, 0.717) is 13.1 Å². The summed E-state index contributed by atoms with van der Waals surface area (Å²) in [5, 5.41) is 39.3. The molecule has 2 amide bonds. The summed E-state index contributed by atoms with van der Waals surface area (Å²) in [5.41, 5.74) is -0.824. The van der Waals surface area contributed by atoms with Crippen LogP contribution in [0.2, 0.25) is 10.0 Å². The SMILES string of the molecule is CCN(CC)CCNC(=O)Nc1c(C#N)[n+]([O-])c2cc(Cl)c(Cl)cc2[n+]1[O-]. The Morgan fingerprint density at radius 1 is 1.19 bits per heavy atom. The fraction of sp³-hybridized carbons (Fsp3) is 0.375. The average molecular weight is 413 g/mol. The normalized spacial score (nSPS) is 10.8. The quantitative estimate of drug-likeness (QED) is 0.552. The third-order valence-corrected chi connectivity index (χ3v) is 4.75. The van der Waals surface area contributed by atoms with Gasteiger partial charge in [0.2, 0.25) is 5.52 Å². The molecule has 0 radical (unpaired) electrons. The molecule has 27 heavy (non-hydrogen) atoms. The zero-order chi connectivity index (χ0) is 20.1. The van der Waals surface area contributed by atoms with Gasteiger partial charge in [-0.25, -0.2) is 9.52 Å². The second-order valence-electron chi connectivity index (χ2n) is 5.56. The molecule has 0 saturated carbocycles. The number of nitriles is 1. The van der Waals surface area contributed by atoms with Gasteiger partial charge >= 0.3 is 17.5 Å². The molecule has 0 saturated heterocycles. The molecule has 1 aromatic heterocycles. The van der Waals surface area contributed by atoms with E-state index >= 15 is 0 Å². The van der Waals surface area contributed by atoms with Gasteiger partial charge in [0.25, 0.3) is 5.52 Å². The van der Waals surface area contributed by atoms with Crippen molar-refractivity contribution < 1.29 is 14.3 Å². The number of fused-ring (bicyclic) bond motifs is 1. The first-order valence-corrected chi connectivity index (χ1v) is 8.94. The lowest BCUT2D eigenvalue weighted by atomic mass is 10.2. The van der Waals surface area contributed by atoms with Crippen LogP contribution >= 0.6 is 23.2 Å². The number of likely N-dealkylation sites (N-methyl/N-ethyl adjacent to an activating group) is 1. The Labute approximate surface area is 165 Å². The van der Waals surface area contributed by atoms with Crippen LogP contribution in [0.5, 0.6) is 0 Å². The smallest absolute Gasteiger partial charge is 0.406 e. The predicted molar refractivity (Wildman–Crippen MR) is 101 cm³/mol. The molecule has 144 valence electrons. The second kappa shape index (κ2) is 8.90. The van der Waals surface area contributed by atoms with Gasteiger partial charge in [0.15, 0.2) is 6.07 Å². The molecule has 0 unspecified atom stereocenters. The highest BCUT2D eigenvalue weighted by molar-refractivity contribution is 6.42. The maximum Gasteiger partial charge on any atom is 0.406 e. The largest absolute Gasteiger partial charge is 0.710 e. The monoisotopic (exact) mass is 412 g/mol. The molecule has 0 aliphatic heterocycles. The molecular formula is C16H18Cl2N6O3. The topological polar surface area (TPSA) is 122 Å². The van der Waals surface area contributed by atoms with Crippen molar-refractivity contribution in [2.45, 2.75) is 13.8 Å². The number of aromatic nitrogens is 2. The fourth-order valence-electron chi connectivity index (χ4n) is 2.51. The number of rotatable bonds is 6. The van der Waals surface area contributed by atoms with E-state index in [9.17, 15) is 20.5 Å². The molecule has 11 heteroatoms. The summed E-state index contributed by atoms with van der Waals surface area (Å²) >= 11 is 11.8. The van der Waals surface area contributed by atoms with Gasteiger partial charge in [0.1, 0.15) is 0 Å². The van der Waals surface area contributed by atoms with E-state index in [0.717, 1.165) is 13.1 Å². The summed E-state index contributed by atoms with van der Waals surface area (Å²) in [6, 6.07) is 3.32. The number of nitrogens with zero attached hydrogens (tertiary/aromatic N) is 4. The van der Waals surface area contributed by atoms with Crippen LogP contribution in [0.1, 0.15) is 19.5 Å². The number of amides is 2. The Kier molecular flexibility index (Phi) is 6.85. The van der Waals surface area contributed by atoms with Crippen molar-refractivity contribution in [3.05, 3.63) is 38.3 Å². The lowest BCUT2D eigenvalue weighted by Crippen LogP contribution is -2.46. The van der Waals surface area contributed by atoms with E-state index in [-0.39, 0.29) is 30.5 Å². The minimum Gasteiger partial charge on any atom is -0.710 e. The second-order valence-corrected chi connectivity index (χ2v) is 6.37. The number of carbonyl (C=O) groups excluding carboxylic acids is 1. The number of anilines is 1. The van der Waals surface area contributed by atoms with E-state index in [4.69, 9.17) is 23.2 Å². The highest BCUT2D eigenvalue weighted by Gasteiger charge is 2.29. The Balaban J connectivity index is 2.32. The van der Waals surface area contributed by atoms with E-state index in [1.807, 2.05) is 13.8 Å². The molecule has 1 aromatic carbocycles. The van der Waals surface area contributed by atoms with Crippen LogP contribution in [-0.4, -0.2) is 37.1 Å². The van der Waals surface area contributed by atoms with Crippen LogP contribution in [0.3, 0.4) is 0 Å². The van der Waals surface area contributed by atoms with Gasteiger partial charge in [-0.05, 0) is 13.1 Å². The van der Waals surface area contributed by atoms with Crippen LogP contribution < -0.4 is 20.1 Å². The number of hydrogen-bond acceptors (Lipinski definition) is 5. The Morgan fingerprint density at radius 3 is 2.26 bits per heavy atom. The third-order valence-electron chi connectivity index (χ3n) is 4.03. The van der Waals surface area contributed by atoms with Crippen molar-refractivity contribution >= 4 is 46.1 Å². The van der Waals surface area contributed by atoms with Crippen molar-refractivity contribution in [2.24, 2.45) is 0 Å². The minimum atomic E-state index is -0.706. The summed E-state index contributed by atoms with van der Waals surface area (Å²) in [6.07, 6.45) is 0. The van der Waals surface area contributed by atoms with Crippen LogP contribution in [0.15, 0.2) is 12.1 Å². The molecule has 0 aliphatic carbocycles. The van der Waals surface area contributed by atoms with Crippen molar-refractivity contribution in [3.63, 3.8) is 0 Å². The zero-order valence-corrected chi connectivity index (χ0v) is 16.3. The molecule has 0 spiro atoms. The van der Waals surface area contributed by atoms with Gasteiger partial charge in [-0.2, -0.15) is 10.6 Å². The van der Waals surface area contributed by atoms with Crippen LogP contribution in [-0.2, 0) is 0 Å². The average Bonchev–Trinajstić information content (AvgIpc) is 2.65. The van der Waals surface area contributed by atoms with Crippen LogP contribution in [0, 0.1) is 21.7 Å². The molecule has 9 nitrogen and oxygen atoms in total. The minimum absolute atomic E-state index is 0.0625. The number of nitrogens with one attached hydrogen (secondary N) is 2. The van der Waals surface area contributed by atoms with E-state index < -0.39 is 17.5 Å². The Hall–Kier alpha value is -2.54. The van der Waals surface area contributed by atoms with Crippen molar-refractivity contribution in [3.8, 4) is 6.07 Å². The van der Waals surface area contributed by atoms with Crippen molar-refractivity contribution in [1.82, 2.24) is 10.2 Å². The number of halogens is 2. The molecule has 2 rings (SSSR count). The number of urea groups is 1. The first-order chi connectivity index (χ1) is 12.8. The number of benzene rings is 1. The van der Waals surface area contributed by atoms with E-state index in [1.54, 1.807) is 6.07 Å². The summed E-state index contributed by atoms with van der Waals surface area (Å²) in [5.74, 6) is -0.487. The van der Waals surface area contributed by atoms with Crippen LogP contribution in [0.25, 0.3) is 11.0 Å². The van der Waals surface area contributed by atoms with Gasteiger partial charge < -0.3 is 20.6 Å². The summed E-state index contributed by atoms with van der Waals surface area (Å²) in [7, 11) is 0. The molecular weight excluding hydrogens is 395 g/mol. The van der Waals surface area contributed by atoms with E-state index in [2.05, 4.69) is 15.5 Å². The van der Waals surface area contributed by atoms with Gasteiger partial charge in [-0.3, -0.25) is 0 Å². The summed E-state index contributed by atoms with van der Waals surface area (Å²) in [4.78, 5) is 14.2. The number of hydrogen-bond donors (Lipinski definition) is 2. The van der Waals surface area contributed by atoms with Crippen molar-refractivity contribution in [2.75, 3.05) is 31.5 Å². The highest BCUT2D eigenvalue weighted by Crippen LogP contribution is 2.26. The molecule has 0 atom stereocenters. The zero-order valence-electron chi connectivity index (χ0n) is 14.8. The number of carbonyl (C=O) groups is 1. The summed E-state index contributed by atoms with van der Waals surface area (Å²) in [6.45, 7) is 6.63. The van der Waals surface area contributed by atoms with Gasteiger partial charge in [0.05, 0.1) is 10.0 Å². The molecule has 0 aliphatic rings. The standard InChI is InChI=1S/C16H18Cl2N6O3/c1-3-22(4-2)6-5-20-16(25)21-15-14(9-19)23(26)12-7-10(17)11(18)8-13(12)24(15)27/h7-8H,3-6H2,1-2H3,(H2,20,21,25). The summed E-state index contributed by atoms with van der Waals surface area (Å²) < 4.78 is 0.506. The molecule has 0 fully saturated rings.